The fraction of sp³-hybridized carbons (Fsp3) is 0.474. The summed E-state index contributed by atoms with van der Waals surface area (Å²) in [6.45, 7) is 6.29. The standard InChI is InChI=1S/C19H24N4O2/c1-19(7-8-19)14-25-17-16(22-11-9-20-10-12-22)13-21-23(18(17)24)15-5-3-2-4-6-15/h2-6,13,20H,7-12,14H2,1H3. The molecule has 1 aromatic heterocycles. The third-order valence-electron chi connectivity index (χ3n) is 5.04. The minimum absolute atomic E-state index is 0.188. The van der Waals surface area contributed by atoms with Crippen LogP contribution in [0.25, 0.3) is 5.69 Å². The van der Waals surface area contributed by atoms with Gasteiger partial charge in [0.15, 0.2) is 0 Å². The number of piperazine rings is 1. The first kappa shape index (κ1) is 16.1. The highest BCUT2D eigenvalue weighted by Gasteiger charge is 2.38. The molecule has 1 aliphatic heterocycles. The van der Waals surface area contributed by atoms with Gasteiger partial charge in [0.25, 0.3) is 0 Å². The zero-order chi connectivity index (χ0) is 17.3. The molecule has 2 fully saturated rings. The maximum absolute atomic E-state index is 13.1. The average Bonchev–Trinajstić information content (AvgIpc) is 3.39. The molecule has 2 aliphatic rings. The largest absolute Gasteiger partial charge is 0.486 e. The van der Waals surface area contributed by atoms with Crippen LogP contribution in [0.1, 0.15) is 19.8 Å². The maximum Gasteiger partial charge on any atom is 0.316 e. The second kappa shape index (κ2) is 6.52. The Hall–Kier alpha value is -2.34. The summed E-state index contributed by atoms with van der Waals surface area (Å²) in [4.78, 5) is 15.3. The molecule has 1 aromatic carbocycles. The molecule has 4 rings (SSSR count). The number of hydrogen-bond donors (Lipinski definition) is 1. The fourth-order valence-electron chi connectivity index (χ4n) is 3.05. The van der Waals surface area contributed by atoms with E-state index in [4.69, 9.17) is 4.74 Å². The third kappa shape index (κ3) is 3.39. The van der Waals surface area contributed by atoms with E-state index in [1.54, 1.807) is 6.20 Å². The average molecular weight is 340 g/mol. The molecule has 0 bridgehead atoms. The molecule has 6 nitrogen and oxygen atoms in total. The number of hydrogen-bond acceptors (Lipinski definition) is 5. The molecule has 25 heavy (non-hydrogen) atoms. The summed E-state index contributed by atoms with van der Waals surface area (Å²) in [7, 11) is 0. The van der Waals surface area contributed by atoms with Crippen molar-refractivity contribution in [2.24, 2.45) is 5.41 Å². The molecule has 2 heterocycles. The Balaban J connectivity index is 1.72. The smallest absolute Gasteiger partial charge is 0.316 e. The number of aromatic nitrogens is 2. The van der Waals surface area contributed by atoms with Crippen LogP contribution in [0.5, 0.6) is 5.75 Å². The zero-order valence-corrected chi connectivity index (χ0v) is 14.6. The van der Waals surface area contributed by atoms with Crippen molar-refractivity contribution < 1.29 is 4.74 Å². The van der Waals surface area contributed by atoms with Crippen molar-refractivity contribution in [2.75, 3.05) is 37.7 Å². The number of benzene rings is 1. The first-order valence-corrected chi connectivity index (χ1v) is 8.93. The van der Waals surface area contributed by atoms with Gasteiger partial charge in [-0.25, -0.2) is 0 Å². The molecule has 1 N–H and O–H groups in total. The summed E-state index contributed by atoms with van der Waals surface area (Å²) < 4.78 is 7.50. The number of nitrogens with one attached hydrogen (secondary N) is 1. The van der Waals surface area contributed by atoms with Gasteiger partial charge in [-0.3, -0.25) is 4.79 Å². The van der Waals surface area contributed by atoms with Gasteiger partial charge in [-0.2, -0.15) is 9.78 Å². The van der Waals surface area contributed by atoms with Gasteiger partial charge in [0.1, 0.15) is 5.69 Å². The van der Waals surface area contributed by atoms with Gasteiger partial charge in [0.05, 0.1) is 18.5 Å². The van der Waals surface area contributed by atoms with Crippen LogP contribution in [0.3, 0.4) is 0 Å². The van der Waals surface area contributed by atoms with E-state index in [9.17, 15) is 4.79 Å². The van der Waals surface area contributed by atoms with Gasteiger partial charge in [-0.15, -0.1) is 0 Å². The second-order valence-corrected chi connectivity index (χ2v) is 7.25. The van der Waals surface area contributed by atoms with E-state index in [1.807, 2.05) is 30.3 Å². The molecule has 1 aliphatic carbocycles. The lowest BCUT2D eigenvalue weighted by atomic mass is 10.2. The molecule has 0 spiro atoms. The Morgan fingerprint density at radius 1 is 1.20 bits per heavy atom. The quantitative estimate of drug-likeness (QED) is 0.900. The van der Waals surface area contributed by atoms with Gasteiger partial charge in [0, 0.05) is 31.6 Å². The molecule has 0 unspecified atom stereocenters. The van der Waals surface area contributed by atoms with Gasteiger partial charge in [-0.1, -0.05) is 25.1 Å². The Bertz CT molecular complexity index is 793. The Morgan fingerprint density at radius 3 is 2.60 bits per heavy atom. The number of nitrogens with zero attached hydrogens (tertiary/aromatic N) is 3. The summed E-state index contributed by atoms with van der Waals surface area (Å²) in [5.74, 6) is 0.425. The molecule has 0 amide bonds. The van der Waals surface area contributed by atoms with Gasteiger partial charge < -0.3 is 15.0 Å². The number of para-hydroxylation sites is 1. The van der Waals surface area contributed by atoms with E-state index < -0.39 is 0 Å². The van der Waals surface area contributed by atoms with Crippen molar-refractivity contribution >= 4 is 5.69 Å². The summed E-state index contributed by atoms with van der Waals surface area (Å²) in [6, 6.07) is 9.49. The fourth-order valence-corrected chi connectivity index (χ4v) is 3.05. The van der Waals surface area contributed by atoms with Crippen LogP contribution in [0.2, 0.25) is 0 Å². The molecule has 6 heteroatoms. The summed E-state index contributed by atoms with van der Waals surface area (Å²) in [6.07, 6.45) is 4.09. The van der Waals surface area contributed by atoms with Crippen LogP contribution < -0.4 is 20.5 Å². The van der Waals surface area contributed by atoms with Crippen molar-refractivity contribution in [3.05, 3.63) is 46.9 Å². The Labute approximate surface area is 147 Å². The van der Waals surface area contributed by atoms with Crippen LogP contribution in [0.4, 0.5) is 5.69 Å². The van der Waals surface area contributed by atoms with Crippen molar-refractivity contribution in [3.8, 4) is 11.4 Å². The number of ether oxygens (including phenoxy) is 1. The highest BCUT2D eigenvalue weighted by Crippen LogP contribution is 2.45. The summed E-state index contributed by atoms with van der Waals surface area (Å²) in [5.41, 5.74) is 1.59. The normalized spacial score (nSPS) is 18.8. The molecule has 0 radical (unpaired) electrons. The number of anilines is 1. The monoisotopic (exact) mass is 340 g/mol. The van der Waals surface area contributed by atoms with Crippen molar-refractivity contribution in [1.29, 1.82) is 0 Å². The Morgan fingerprint density at radius 2 is 1.92 bits per heavy atom. The first-order chi connectivity index (χ1) is 12.2. The van der Waals surface area contributed by atoms with Crippen molar-refractivity contribution in [2.45, 2.75) is 19.8 Å². The van der Waals surface area contributed by atoms with Crippen LogP contribution in [0.15, 0.2) is 41.3 Å². The van der Waals surface area contributed by atoms with Crippen molar-refractivity contribution in [3.63, 3.8) is 0 Å². The van der Waals surface area contributed by atoms with Crippen LogP contribution in [0, 0.1) is 5.41 Å². The molecular weight excluding hydrogens is 316 g/mol. The van der Waals surface area contributed by atoms with Crippen LogP contribution in [-0.4, -0.2) is 42.6 Å². The zero-order valence-electron chi connectivity index (χ0n) is 14.6. The topological polar surface area (TPSA) is 59.4 Å². The Kier molecular flexibility index (Phi) is 4.21. The highest BCUT2D eigenvalue weighted by molar-refractivity contribution is 5.57. The van der Waals surface area contributed by atoms with E-state index in [-0.39, 0.29) is 11.0 Å². The van der Waals surface area contributed by atoms with Gasteiger partial charge in [-0.05, 0) is 25.0 Å². The summed E-state index contributed by atoms with van der Waals surface area (Å²) in [5, 5.41) is 7.74. The first-order valence-electron chi connectivity index (χ1n) is 8.93. The van der Waals surface area contributed by atoms with Gasteiger partial charge in [0.2, 0.25) is 5.75 Å². The van der Waals surface area contributed by atoms with E-state index in [0.29, 0.717) is 12.4 Å². The summed E-state index contributed by atoms with van der Waals surface area (Å²) >= 11 is 0. The van der Waals surface area contributed by atoms with E-state index in [2.05, 4.69) is 22.2 Å². The molecule has 1 saturated heterocycles. The molecule has 1 saturated carbocycles. The minimum atomic E-state index is -0.188. The van der Waals surface area contributed by atoms with Crippen LogP contribution >= 0.6 is 0 Å². The number of rotatable bonds is 5. The van der Waals surface area contributed by atoms with Gasteiger partial charge >= 0.3 is 5.56 Å². The third-order valence-corrected chi connectivity index (χ3v) is 5.04. The van der Waals surface area contributed by atoms with Crippen LogP contribution in [-0.2, 0) is 0 Å². The van der Waals surface area contributed by atoms with E-state index in [0.717, 1.165) is 50.4 Å². The lowest BCUT2D eigenvalue weighted by Crippen LogP contribution is -2.44. The van der Waals surface area contributed by atoms with E-state index in [1.165, 1.54) is 4.68 Å². The second-order valence-electron chi connectivity index (χ2n) is 7.25. The lowest BCUT2D eigenvalue weighted by Gasteiger charge is -2.30. The molecular formula is C19H24N4O2. The highest BCUT2D eigenvalue weighted by atomic mass is 16.5. The predicted octanol–water partition coefficient (Wildman–Crippen LogP) is 1.82. The van der Waals surface area contributed by atoms with Crippen molar-refractivity contribution in [1.82, 2.24) is 15.1 Å². The molecule has 2 aromatic rings. The SMILES string of the molecule is CC1(COc2c(N3CCNCC3)cnn(-c3ccccc3)c2=O)CC1. The predicted molar refractivity (Wildman–Crippen MR) is 97.8 cm³/mol. The minimum Gasteiger partial charge on any atom is -0.486 e. The lowest BCUT2D eigenvalue weighted by molar-refractivity contribution is 0.243. The molecule has 132 valence electrons. The van der Waals surface area contributed by atoms with E-state index >= 15 is 0 Å². The molecule has 0 atom stereocenters. The maximum atomic E-state index is 13.1.